The van der Waals surface area contributed by atoms with Crippen LogP contribution in [0.25, 0.3) is 0 Å². The lowest BCUT2D eigenvalue weighted by Crippen LogP contribution is -2.50. The molecule has 0 radical (unpaired) electrons. The number of aryl methyl sites for hydroxylation is 1. The number of piperidine rings is 1. The second kappa shape index (κ2) is 10.5. The van der Waals surface area contributed by atoms with Gasteiger partial charge in [0, 0.05) is 55.5 Å². The van der Waals surface area contributed by atoms with Crippen LogP contribution >= 0.6 is 11.6 Å². The van der Waals surface area contributed by atoms with Crippen LogP contribution in [0.1, 0.15) is 43.1 Å². The highest BCUT2D eigenvalue weighted by molar-refractivity contribution is 6.30. The Morgan fingerprint density at radius 2 is 2.03 bits per heavy atom. The van der Waals surface area contributed by atoms with Crippen molar-refractivity contribution in [1.29, 1.82) is 0 Å². The van der Waals surface area contributed by atoms with Crippen molar-refractivity contribution in [3.8, 4) is 0 Å². The van der Waals surface area contributed by atoms with Gasteiger partial charge in [0.1, 0.15) is 11.6 Å². The first-order valence-electron chi connectivity index (χ1n) is 12.8. The van der Waals surface area contributed by atoms with E-state index in [-0.39, 0.29) is 36.0 Å². The van der Waals surface area contributed by atoms with Crippen molar-refractivity contribution >= 4 is 34.9 Å². The molecule has 2 atom stereocenters. The molecule has 11 heteroatoms. The van der Waals surface area contributed by atoms with E-state index in [4.69, 9.17) is 11.6 Å². The van der Waals surface area contributed by atoms with Gasteiger partial charge in [0.2, 0.25) is 0 Å². The van der Waals surface area contributed by atoms with Gasteiger partial charge in [-0.25, -0.2) is 13.8 Å². The number of aromatic nitrogens is 3. The third kappa shape index (κ3) is 5.19. The number of halogens is 3. The monoisotopic (exact) mass is 544 g/mol. The van der Waals surface area contributed by atoms with Crippen LogP contribution in [-0.2, 0) is 17.8 Å². The summed E-state index contributed by atoms with van der Waals surface area (Å²) in [7, 11) is 0. The topological polar surface area (TPSA) is 97.4 Å². The summed E-state index contributed by atoms with van der Waals surface area (Å²) in [4.78, 5) is 21.2. The molecule has 38 heavy (non-hydrogen) atoms. The molecule has 202 valence electrons. The summed E-state index contributed by atoms with van der Waals surface area (Å²) in [6.07, 6.45) is 1.48. The average molecular weight is 545 g/mol. The lowest BCUT2D eigenvalue weighted by Gasteiger charge is -2.43. The average Bonchev–Trinajstić information content (AvgIpc) is 3.24. The van der Waals surface area contributed by atoms with Crippen LogP contribution in [0.4, 0.5) is 26.1 Å². The van der Waals surface area contributed by atoms with E-state index in [0.717, 1.165) is 25.2 Å². The third-order valence-corrected chi connectivity index (χ3v) is 8.01. The number of nitrogens with zero attached hydrogens (tertiary/aromatic N) is 4. The Kier molecular flexibility index (Phi) is 7.28. The molecule has 3 aromatic rings. The second-order valence-electron chi connectivity index (χ2n) is 10.4. The number of hydrogen-bond acceptors (Lipinski definition) is 6. The molecule has 4 heterocycles. The number of carboxylic acids is 1. The Labute approximate surface area is 225 Å². The van der Waals surface area contributed by atoms with Crippen molar-refractivity contribution in [3.63, 3.8) is 0 Å². The largest absolute Gasteiger partial charge is 0.481 e. The van der Waals surface area contributed by atoms with E-state index in [0.29, 0.717) is 36.0 Å². The predicted octanol–water partition coefficient (Wildman–Crippen LogP) is 5.30. The molecule has 0 saturated carbocycles. The number of aliphatic carboxylic acids is 1. The molecule has 2 aliphatic heterocycles. The molecule has 1 aromatic carbocycles. The van der Waals surface area contributed by atoms with Crippen LogP contribution in [0.2, 0.25) is 5.02 Å². The van der Waals surface area contributed by atoms with Crippen LogP contribution in [0.5, 0.6) is 0 Å². The maximum atomic E-state index is 15.8. The first-order chi connectivity index (χ1) is 18.1. The molecule has 3 N–H and O–H groups in total. The molecular weight excluding hydrogens is 514 g/mol. The molecule has 0 bridgehead atoms. The van der Waals surface area contributed by atoms with Gasteiger partial charge in [0.05, 0.1) is 21.8 Å². The number of aromatic amines is 1. The number of H-pyrrole nitrogens is 1. The van der Waals surface area contributed by atoms with Crippen LogP contribution in [-0.4, -0.2) is 56.8 Å². The lowest BCUT2D eigenvalue weighted by atomic mass is 9.72. The molecule has 0 amide bonds. The number of hydrogen-bond donors (Lipinski definition) is 3. The molecule has 2 aliphatic rings. The molecule has 0 spiro atoms. The van der Waals surface area contributed by atoms with Crippen molar-refractivity contribution in [2.75, 3.05) is 29.9 Å². The van der Waals surface area contributed by atoms with E-state index in [1.165, 1.54) is 6.07 Å². The van der Waals surface area contributed by atoms with E-state index in [1.54, 1.807) is 18.2 Å². The van der Waals surface area contributed by atoms with Gasteiger partial charge < -0.3 is 15.3 Å². The van der Waals surface area contributed by atoms with Gasteiger partial charge in [-0.3, -0.25) is 14.8 Å². The summed E-state index contributed by atoms with van der Waals surface area (Å²) < 4.78 is 30.3. The van der Waals surface area contributed by atoms with E-state index >= 15 is 4.39 Å². The van der Waals surface area contributed by atoms with Gasteiger partial charge in [0.25, 0.3) is 0 Å². The molecule has 5 rings (SSSR count). The molecule has 2 aromatic heterocycles. The SMILES string of the molecule is Cc1cc(Nc2cc(N3CCC3)c(F)c(C[C@@]3(C(=O)O)CCN(Cc4cccc(Cl)c4F)[C@H](C)C3)n2)n[nH]1. The van der Waals surface area contributed by atoms with Crippen LogP contribution in [0, 0.1) is 24.0 Å². The molecule has 2 fully saturated rings. The number of carbonyl (C=O) groups is 1. The summed E-state index contributed by atoms with van der Waals surface area (Å²) in [5, 5.41) is 20.6. The maximum Gasteiger partial charge on any atom is 0.310 e. The molecule has 0 aliphatic carbocycles. The zero-order valence-corrected chi connectivity index (χ0v) is 22.2. The van der Waals surface area contributed by atoms with Gasteiger partial charge in [-0.15, -0.1) is 0 Å². The molecule has 8 nitrogen and oxygen atoms in total. The minimum Gasteiger partial charge on any atom is -0.481 e. The van der Waals surface area contributed by atoms with Gasteiger partial charge in [-0.1, -0.05) is 23.7 Å². The number of anilines is 3. The van der Waals surface area contributed by atoms with Crippen molar-refractivity contribution < 1.29 is 18.7 Å². The van der Waals surface area contributed by atoms with Gasteiger partial charge in [0.15, 0.2) is 11.6 Å². The number of rotatable bonds is 8. The van der Waals surface area contributed by atoms with Gasteiger partial charge in [-0.05, 0) is 45.7 Å². The normalized spacial score (nSPS) is 21.8. The van der Waals surface area contributed by atoms with E-state index in [2.05, 4.69) is 20.5 Å². The number of carboxylic acid groups (broad SMARTS) is 1. The Morgan fingerprint density at radius 3 is 2.66 bits per heavy atom. The molecular formula is C27H31ClF2N6O2. The van der Waals surface area contributed by atoms with Gasteiger partial charge >= 0.3 is 5.97 Å². The zero-order chi connectivity index (χ0) is 27.0. The summed E-state index contributed by atoms with van der Waals surface area (Å²) >= 11 is 5.95. The number of likely N-dealkylation sites (tertiary alicyclic amines) is 1. The summed E-state index contributed by atoms with van der Waals surface area (Å²) in [6.45, 7) is 6.00. The minimum atomic E-state index is -1.20. The van der Waals surface area contributed by atoms with Crippen LogP contribution in [0.15, 0.2) is 30.3 Å². The highest BCUT2D eigenvalue weighted by Crippen LogP contribution is 2.41. The summed E-state index contributed by atoms with van der Waals surface area (Å²) in [5.74, 6) is -0.962. The van der Waals surface area contributed by atoms with Gasteiger partial charge in [-0.2, -0.15) is 5.10 Å². The minimum absolute atomic E-state index is 0.0478. The highest BCUT2D eigenvalue weighted by atomic mass is 35.5. The van der Waals surface area contributed by atoms with Crippen molar-refractivity contribution in [2.24, 2.45) is 5.41 Å². The number of benzene rings is 1. The first-order valence-corrected chi connectivity index (χ1v) is 13.2. The predicted molar refractivity (Wildman–Crippen MR) is 142 cm³/mol. The zero-order valence-electron chi connectivity index (χ0n) is 21.4. The Bertz CT molecular complexity index is 1350. The summed E-state index contributed by atoms with van der Waals surface area (Å²) in [6, 6.07) is 8.17. The van der Waals surface area contributed by atoms with Crippen LogP contribution < -0.4 is 10.2 Å². The lowest BCUT2D eigenvalue weighted by molar-refractivity contribution is -0.153. The third-order valence-electron chi connectivity index (χ3n) is 7.72. The van der Waals surface area contributed by atoms with Crippen molar-refractivity contribution in [2.45, 2.75) is 52.1 Å². The van der Waals surface area contributed by atoms with E-state index in [1.807, 2.05) is 29.7 Å². The fourth-order valence-electron chi connectivity index (χ4n) is 5.40. The maximum absolute atomic E-state index is 15.8. The number of pyridine rings is 1. The standard InChI is InChI=1S/C27H31ClF2N6O2/c1-16-11-23(34-33-16)32-22-12-21(35-8-4-9-35)25(30)20(31-22)14-27(26(37)38)7-10-36(17(2)13-27)15-18-5-3-6-19(28)24(18)29/h3,5-6,11-12,17H,4,7-10,13-15H2,1-2H3,(H,37,38)(H2,31,32,33,34)/t17-,27-/m1/s1. The first kappa shape index (κ1) is 26.4. The summed E-state index contributed by atoms with van der Waals surface area (Å²) in [5.41, 5.74) is 0.656. The van der Waals surface area contributed by atoms with E-state index in [9.17, 15) is 14.3 Å². The highest BCUT2D eigenvalue weighted by Gasteiger charge is 2.45. The Balaban J connectivity index is 1.41. The number of nitrogens with one attached hydrogen (secondary N) is 2. The van der Waals surface area contributed by atoms with Crippen molar-refractivity contribution in [1.82, 2.24) is 20.1 Å². The fourth-order valence-corrected chi connectivity index (χ4v) is 5.59. The van der Waals surface area contributed by atoms with Crippen molar-refractivity contribution in [3.05, 3.63) is 63.9 Å². The van der Waals surface area contributed by atoms with E-state index < -0.39 is 23.0 Å². The molecule has 2 saturated heterocycles. The molecule has 0 unspecified atom stereocenters. The Hall–Kier alpha value is -3.24. The smallest absolute Gasteiger partial charge is 0.310 e. The fraction of sp³-hybridized carbons (Fsp3) is 0.444. The second-order valence-corrected chi connectivity index (χ2v) is 10.8. The quantitative estimate of drug-likeness (QED) is 0.354. The Morgan fingerprint density at radius 1 is 1.24 bits per heavy atom. The van der Waals surface area contributed by atoms with Crippen LogP contribution in [0.3, 0.4) is 0 Å².